The number of benzene rings is 2. The van der Waals surface area contributed by atoms with Crippen LogP contribution in [0.25, 0.3) is 11.1 Å². The third-order valence-corrected chi connectivity index (χ3v) is 3.79. The molecule has 18 heavy (non-hydrogen) atoms. The van der Waals surface area contributed by atoms with E-state index in [1.807, 2.05) is 13.8 Å². The second-order valence-electron chi connectivity index (χ2n) is 5.17. The summed E-state index contributed by atoms with van der Waals surface area (Å²) in [6, 6.07) is 15.4. The topological polar surface area (TPSA) is 0 Å². The van der Waals surface area contributed by atoms with Crippen molar-refractivity contribution < 1.29 is 0 Å². The molecule has 0 amide bonds. The summed E-state index contributed by atoms with van der Waals surface area (Å²) in [7, 11) is 0. The maximum absolute atomic E-state index is 2.32. The highest BCUT2D eigenvalue weighted by molar-refractivity contribution is 5.81. The molecule has 2 aromatic carbocycles. The van der Waals surface area contributed by atoms with Crippen molar-refractivity contribution in [3.05, 3.63) is 59.2 Å². The third-order valence-electron chi connectivity index (χ3n) is 3.79. The van der Waals surface area contributed by atoms with Gasteiger partial charge in [-0.25, -0.2) is 0 Å². The van der Waals surface area contributed by atoms with E-state index in [4.69, 9.17) is 0 Å². The van der Waals surface area contributed by atoms with Gasteiger partial charge in [-0.2, -0.15) is 0 Å². The van der Waals surface area contributed by atoms with Crippen molar-refractivity contribution in [2.45, 2.75) is 40.0 Å². The van der Waals surface area contributed by atoms with Gasteiger partial charge in [-0.3, -0.25) is 0 Å². The maximum Gasteiger partial charge on any atom is 0.0161 e. The Morgan fingerprint density at radius 1 is 0.778 bits per heavy atom. The summed E-state index contributed by atoms with van der Waals surface area (Å²) in [4.78, 5) is 0. The zero-order valence-electron chi connectivity index (χ0n) is 12.0. The van der Waals surface area contributed by atoms with Crippen molar-refractivity contribution in [3.8, 4) is 11.1 Å². The number of rotatable bonds is 0. The highest BCUT2D eigenvalue weighted by Crippen LogP contribution is 2.49. The lowest BCUT2D eigenvalue weighted by Gasteiger charge is -2.23. The van der Waals surface area contributed by atoms with Gasteiger partial charge in [-0.05, 0) is 34.7 Å². The van der Waals surface area contributed by atoms with Crippen LogP contribution in [0.1, 0.15) is 44.4 Å². The van der Waals surface area contributed by atoms with E-state index in [2.05, 4.69) is 63.2 Å². The molecule has 1 aliphatic rings. The van der Waals surface area contributed by atoms with E-state index in [0.717, 1.165) is 0 Å². The molecule has 0 spiro atoms. The van der Waals surface area contributed by atoms with Gasteiger partial charge >= 0.3 is 0 Å². The molecule has 0 saturated heterocycles. The molecule has 3 rings (SSSR count). The van der Waals surface area contributed by atoms with E-state index in [9.17, 15) is 0 Å². The van der Waals surface area contributed by atoms with Crippen molar-refractivity contribution in [2.24, 2.45) is 0 Å². The minimum atomic E-state index is 0.150. The van der Waals surface area contributed by atoms with Crippen LogP contribution in [-0.4, -0.2) is 0 Å². The molecule has 0 saturated carbocycles. The van der Waals surface area contributed by atoms with E-state index in [0.29, 0.717) is 0 Å². The molecule has 94 valence electrons. The quantitative estimate of drug-likeness (QED) is 0.582. The third kappa shape index (κ3) is 1.68. The molecule has 0 bridgehead atoms. The number of hydrogen-bond donors (Lipinski definition) is 0. The summed E-state index contributed by atoms with van der Waals surface area (Å²) in [5.41, 5.74) is 7.33. The van der Waals surface area contributed by atoms with E-state index in [-0.39, 0.29) is 5.41 Å². The monoisotopic (exact) mass is 238 g/mol. The Kier molecular flexibility index (Phi) is 3.30. The van der Waals surface area contributed by atoms with E-state index in [1.54, 1.807) is 0 Å². The molecule has 0 atom stereocenters. The van der Waals surface area contributed by atoms with Gasteiger partial charge in [-0.15, -0.1) is 0 Å². The fourth-order valence-electron chi connectivity index (χ4n) is 3.12. The summed E-state index contributed by atoms with van der Waals surface area (Å²) in [6.45, 7) is 10.9. The number of fused-ring (bicyclic) bond motifs is 3. The second-order valence-corrected chi connectivity index (χ2v) is 5.17. The summed E-state index contributed by atoms with van der Waals surface area (Å²) >= 11 is 0. The molecule has 0 nitrogen and oxygen atoms in total. The molecule has 0 N–H and O–H groups in total. The molecule has 0 fully saturated rings. The minimum Gasteiger partial charge on any atom is -0.0683 e. The van der Waals surface area contributed by atoms with E-state index < -0.39 is 0 Å². The highest BCUT2D eigenvalue weighted by atomic mass is 14.4. The lowest BCUT2D eigenvalue weighted by molar-refractivity contribution is 0.655. The first kappa shape index (κ1) is 12.9. The van der Waals surface area contributed by atoms with Gasteiger partial charge in [0.25, 0.3) is 0 Å². The van der Waals surface area contributed by atoms with Crippen molar-refractivity contribution in [1.82, 2.24) is 0 Å². The first-order valence-electron chi connectivity index (χ1n) is 6.82. The van der Waals surface area contributed by atoms with Crippen LogP contribution in [0.4, 0.5) is 0 Å². The summed E-state index contributed by atoms with van der Waals surface area (Å²) < 4.78 is 0. The fraction of sp³-hybridized carbons (Fsp3) is 0.333. The minimum absolute atomic E-state index is 0.150. The molecule has 0 heterocycles. The van der Waals surface area contributed by atoms with Crippen LogP contribution in [0.15, 0.2) is 42.5 Å². The molecule has 0 heteroatoms. The standard InChI is InChI=1S/C16H16.C2H6/c1-11-7-6-9-13-12-8-4-5-10-14(12)16(2,3)15(11)13;1-2/h4-10H,1-3H3;1-2H3. The SMILES string of the molecule is CC.Cc1cccc2c1C(C)(C)c1ccccc1-2. The van der Waals surface area contributed by atoms with E-state index in [1.165, 1.54) is 27.8 Å². The van der Waals surface area contributed by atoms with Crippen LogP contribution in [-0.2, 0) is 5.41 Å². The van der Waals surface area contributed by atoms with Crippen molar-refractivity contribution >= 4 is 0 Å². The zero-order valence-corrected chi connectivity index (χ0v) is 12.0. The lowest BCUT2D eigenvalue weighted by Crippen LogP contribution is -2.16. The molecule has 1 aliphatic carbocycles. The van der Waals surface area contributed by atoms with Crippen LogP contribution in [0.3, 0.4) is 0 Å². The second kappa shape index (κ2) is 4.61. The normalized spacial score (nSPS) is 14.3. The smallest absolute Gasteiger partial charge is 0.0161 e. The first-order valence-corrected chi connectivity index (χ1v) is 6.82. The maximum atomic E-state index is 2.32. The first-order chi connectivity index (χ1) is 8.62. The predicted octanol–water partition coefficient (Wildman–Crippen LogP) is 5.33. The molecule has 0 radical (unpaired) electrons. The Hall–Kier alpha value is -1.56. The number of aryl methyl sites for hydroxylation is 1. The van der Waals surface area contributed by atoms with Gasteiger partial charge in [0.15, 0.2) is 0 Å². The van der Waals surface area contributed by atoms with Crippen molar-refractivity contribution in [3.63, 3.8) is 0 Å². The molecule has 0 unspecified atom stereocenters. The van der Waals surface area contributed by atoms with Gasteiger partial charge in [0.05, 0.1) is 0 Å². The summed E-state index contributed by atoms with van der Waals surface area (Å²) in [5, 5.41) is 0. The van der Waals surface area contributed by atoms with Crippen LogP contribution < -0.4 is 0 Å². The molecular weight excluding hydrogens is 216 g/mol. The molecule has 0 aromatic heterocycles. The van der Waals surface area contributed by atoms with Crippen LogP contribution in [0.2, 0.25) is 0 Å². The van der Waals surface area contributed by atoms with Crippen molar-refractivity contribution in [1.29, 1.82) is 0 Å². The van der Waals surface area contributed by atoms with E-state index >= 15 is 0 Å². The Morgan fingerprint density at radius 2 is 1.39 bits per heavy atom. The Balaban J connectivity index is 0.000000574. The summed E-state index contributed by atoms with van der Waals surface area (Å²) in [6.07, 6.45) is 0. The van der Waals surface area contributed by atoms with Crippen molar-refractivity contribution in [2.75, 3.05) is 0 Å². The Labute approximate surface area is 111 Å². The Morgan fingerprint density at radius 3 is 2.11 bits per heavy atom. The van der Waals surface area contributed by atoms with Crippen LogP contribution in [0.5, 0.6) is 0 Å². The average Bonchev–Trinajstić information content (AvgIpc) is 2.63. The molecular formula is C18H22. The average molecular weight is 238 g/mol. The summed E-state index contributed by atoms with van der Waals surface area (Å²) in [5.74, 6) is 0. The highest BCUT2D eigenvalue weighted by Gasteiger charge is 2.35. The Bertz CT molecular complexity index is 562. The predicted molar refractivity (Wildman–Crippen MR) is 80.1 cm³/mol. The lowest BCUT2D eigenvalue weighted by atomic mass is 9.80. The largest absolute Gasteiger partial charge is 0.0683 e. The number of hydrogen-bond acceptors (Lipinski definition) is 0. The van der Waals surface area contributed by atoms with Gasteiger partial charge < -0.3 is 0 Å². The van der Waals surface area contributed by atoms with Gasteiger partial charge in [-0.1, -0.05) is 70.2 Å². The van der Waals surface area contributed by atoms with Crippen LogP contribution >= 0.6 is 0 Å². The fourth-order valence-corrected chi connectivity index (χ4v) is 3.12. The van der Waals surface area contributed by atoms with Gasteiger partial charge in [0.2, 0.25) is 0 Å². The molecule has 2 aromatic rings. The van der Waals surface area contributed by atoms with Gasteiger partial charge in [0, 0.05) is 5.41 Å². The zero-order chi connectivity index (χ0) is 13.3. The van der Waals surface area contributed by atoms with Crippen LogP contribution in [0, 0.1) is 6.92 Å². The van der Waals surface area contributed by atoms with Gasteiger partial charge in [0.1, 0.15) is 0 Å². The molecule has 0 aliphatic heterocycles.